The van der Waals surface area contributed by atoms with E-state index in [4.69, 9.17) is 16.3 Å². The summed E-state index contributed by atoms with van der Waals surface area (Å²) in [4.78, 5) is 12.0. The van der Waals surface area contributed by atoms with E-state index in [1.165, 1.54) is 0 Å². The Morgan fingerprint density at radius 3 is 2.64 bits per heavy atom. The summed E-state index contributed by atoms with van der Waals surface area (Å²) in [7, 11) is 0. The Kier molecular flexibility index (Phi) is 4.73. The predicted molar refractivity (Wildman–Crippen MR) is 100 cm³/mol. The smallest absolute Gasteiger partial charge is 0.162 e. The number of ether oxygens (including phenoxy) is 1. The van der Waals surface area contributed by atoms with Crippen LogP contribution in [0.4, 0.5) is 0 Å². The van der Waals surface area contributed by atoms with E-state index in [0.29, 0.717) is 23.7 Å². The molecule has 0 saturated carbocycles. The molecule has 0 bridgehead atoms. The van der Waals surface area contributed by atoms with Crippen LogP contribution in [0.1, 0.15) is 28.5 Å². The number of rotatable bonds is 5. The third-order valence-electron chi connectivity index (χ3n) is 4.37. The van der Waals surface area contributed by atoms with Crippen molar-refractivity contribution in [1.82, 2.24) is 4.57 Å². The second-order valence-corrected chi connectivity index (χ2v) is 6.56. The summed E-state index contributed by atoms with van der Waals surface area (Å²) in [6.45, 7) is 6.48. The molecule has 0 fully saturated rings. The standard InChI is InChI=1S/C20H20ClNO3/c1-12-10-15(21)4-7-19(12)25-9-8-22-13(2)20(14(3)23)17-11-16(24)5-6-18(17)22/h4-7,10-11,24H,8-9H2,1-3H3. The Hall–Kier alpha value is -2.46. The molecular weight excluding hydrogens is 338 g/mol. The van der Waals surface area contributed by atoms with Crippen LogP contribution in [-0.2, 0) is 6.54 Å². The van der Waals surface area contributed by atoms with Crippen LogP contribution in [0.5, 0.6) is 11.5 Å². The second-order valence-electron chi connectivity index (χ2n) is 6.13. The molecule has 1 N–H and O–H groups in total. The zero-order chi connectivity index (χ0) is 18.1. The molecule has 0 amide bonds. The number of carbonyl (C=O) groups excluding carboxylic acids is 1. The van der Waals surface area contributed by atoms with Crippen molar-refractivity contribution >= 4 is 28.3 Å². The number of hydrogen-bond donors (Lipinski definition) is 1. The van der Waals surface area contributed by atoms with Gasteiger partial charge in [-0.2, -0.15) is 0 Å². The number of phenols is 1. The van der Waals surface area contributed by atoms with Crippen molar-refractivity contribution in [1.29, 1.82) is 0 Å². The second kappa shape index (κ2) is 6.81. The Balaban J connectivity index is 1.88. The molecule has 25 heavy (non-hydrogen) atoms. The van der Waals surface area contributed by atoms with E-state index in [0.717, 1.165) is 27.9 Å². The van der Waals surface area contributed by atoms with Crippen molar-refractivity contribution in [2.24, 2.45) is 0 Å². The fourth-order valence-electron chi connectivity index (χ4n) is 3.22. The van der Waals surface area contributed by atoms with E-state index in [9.17, 15) is 9.90 Å². The zero-order valence-electron chi connectivity index (χ0n) is 14.5. The van der Waals surface area contributed by atoms with Gasteiger partial charge in [0.1, 0.15) is 18.1 Å². The van der Waals surface area contributed by atoms with Crippen LogP contribution in [0.3, 0.4) is 0 Å². The van der Waals surface area contributed by atoms with Crippen LogP contribution in [0.2, 0.25) is 5.02 Å². The first-order valence-electron chi connectivity index (χ1n) is 8.10. The fourth-order valence-corrected chi connectivity index (χ4v) is 3.45. The van der Waals surface area contributed by atoms with Crippen molar-refractivity contribution in [3.05, 3.63) is 58.2 Å². The lowest BCUT2D eigenvalue weighted by Crippen LogP contribution is -2.10. The van der Waals surface area contributed by atoms with Crippen LogP contribution < -0.4 is 4.74 Å². The van der Waals surface area contributed by atoms with Crippen molar-refractivity contribution in [3.63, 3.8) is 0 Å². The molecule has 0 aliphatic rings. The number of ketones is 1. The van der Waals surface area contributed by atoms with E-state index in [1.807, 2.05) is 32.0 Å². The molecule has 4 nitrogen and oxygen atoms in total. The molecule has 0 saturated heterocycles. The lowest BCUT2D eigenvalue weighted by molar-refractivity contribution is 0.101. The molecule has 3 rings (SSSR count). The van der Waals surface area contributed by atoms with Gasteiger partial charge in [-0.05, 0) is 62.7 Å². The largest absolute Gasteiger partial charge is 0.508 e. The third-order valence-corrected chi connectivity index (χ3v) is 4.60. The maximum atomic E-state index is 12.0. The molecule has 3 aromatic rings. The van der Waals surface area contributed by atoms with Gasteiger partial charge >= 0.3 is 0 Å². The molecule has 0 unspecified atom stereocenters. The highest BCUT2D eigenvalue weighted by atomic mass is 35.5. The van der Waals surface area contributed by atoms with Gasteiger partial charge in [0.05, 0.1) is 6.54 Å². The maximum absolute atomic E-state index is 12.0. The minimum atomic E-state index is -0.0127. The van der Waals surface area contributed by atoms with E-state index in [-0.39, 0.29) is 11.5 Å². The van der Waals surface area contributed by atoms with E-state index in [2.05, 4.69) is 4.57 Å². The Morgan fingerprint density at radius 1 is 1.20 bits per heavy atom. The monoisotopic (exact) mass is 357 g/mol. The number of carbonyl (C=O) groups is 1. The summed E-state index contributed by atoms with van der Waals surface area (Å²) in [5, 5.41) is 11.2. The number of fused-ring (bicyclic) bond motifs is 1. The molecule has 1 aromatic heterocycles. The van der Waals surface area contributed by atoms with Crippen LogP contribution >= 0.6 is 11.6 Å². The highest BCUT2D eigenvalue weighted by Gasteiger charge is 2.17. The van der Waals surface area contributed by atoms with E-state index >= 15 is 0 Å². The van der Waals surface area contributed by atoms with Gasteiger partial charge in [-0.25, -0.2) is 0 Å². The number of aromatic nitrogens is 1. The summed E-state index contributed by atoms with van der Waals surface area (Å²) in [6.07, 6.45) is 0. The number of benzene rings is 2. The Labute approximate surface area is 151 Å². The molecule has 0 aliphatic carbocycles. The van der Waals surface area contributed by atoms with Gasteiger partial charge in [-0.3, -0.25) is 4.79 Å². The fraction of sp³-hybridized carbons (Fsp3) is 0.250. The quantitative estimate of drug-likeness (QED) is 0.661. The van der Waals surface area contributed by atoms with Crippen LogP contribution in [0.15, 0.2) is 36.4 Å². The highest BCUT2D eigenvalue weighted by molar-refractivity contribution is 6.30. The van der Waals surface area contributed by atoms with Crippen LogP contribution in [0.25, 0.3) is 10.9 Å². The highest BCUT2D eigenvalue weighted by Crippen LogP contribution is 2.29. The lowest BCUT2D eigenvalue weighted by Gasteiger charge is -2.12. The molecule has 0 radical (unpaired) electrons. The number of nitrogens with zero attached hydrogens (tertiary/aromatic N) is 1. The maximum Gasteiger partial charge on any atom is 0.162 e. The lowest BCUT2D eigenvalue weighted by atomic mass is 10.1. The number of Topliss-reactive ketones (excluding diaryl/α,β-unsaturated/α-hetero) is 1. The summed E-state index contributed by atoms with van der Waals surface area (Å²) in [5.74, 6) is 0.935. The molecule has 0 atom stereocenters. The van der Waals surface area contributed by atoms with Gasteiger partial charge < -0.3 is 14.4 Å². The average molecular weight is 358 g/mol. The van der Waals surface area contributed by atoms with Crippen LogP contribution in [0, 0.1) is 13.8 Å². The number of phenolic OH excluding ortho intramolecular Hbond substituents is 1. The zero-order valence-corrected chi connectivity index (χ0v) is 15.2. The van der Waals surface area contributed by atoms with Gasteiger partial charge in [0.25, 0.3) is 0 Å². The van der Waals surface area contributed by atoms with Crippen molar-refractivity contribution < 1.29 is 14.6 Å². The van der Waals surface area contributed by atoms with E-state index in [1.54, 1.807) is 25.1 Å². The summed E-state index contributed by atoms with van der Waals surface area (Å²) < 4.78 is 7.93. The van der Waals surface area contributed by atoms with Crippen molar-refractivity contribution in [2.75, 3.05) is 6.61 Å². The number of hydrogen-bond acceptors (Lipinski definition) is 3. The number of aromatic hydroxyl groups is 1. The Morgan fingerprint density at radius 2 is 1.96 bits per heavy atom. The Bertz CT molecular complexity index is 959. The summed E-state index contributed by atoms with van der Waals surface area (Å²) in [6, 6.07) is 10.6. The van der Waals surface area contributed by atoms with Gasteiger partial charge in [-0.15, -0.1) is 0 Å². The average Bonchev–Trinajstić information content (AvgIpc) is 2.80. The molecule has 2 aromatic carbocycles. The first-order valence-corrected chi connectivity index (χ1v) is 8.48. The molecular formula is C20H20ClNO3. The molecule has 0 aliphatic heterocycles. The van der Waals surface area contributed by atoms with Gasteiger partial charge in [0.2, 0.25) is 0 Å². The topological polar surface area (TPSA) is 51.5 Å². The van der Waals surface area contributed by atoms with E-state index < -0.39 is 0 Å². The number of halogens is 1. The number of aryl methyl sites for hydroxylation is 1. The summed E-state index contributed by atoms with van der Waals surface area (Å²) >= 11 is 5.97. The van der Waals surface area contributed by atoms with Gasteiger partial charge in [0, 0.05) is 27.2 Å². The first-order chi connectivity index (χ1) is 11.9. The SMILES string of the molecule is CC(=O)c1c(C)n(CCOc2ccc(Cl)cc2C)c2ccc(O)cc12. The molecule has 1 heterocycles. The van der Waals surface area contributed by atoms with Crippen molar-refractivity contribution in [2.45, 2.75) is 27.3 Å². The third kappa shape index (κ3) is 3.35. The molecule has 5 heteroatoms. The molecule has 0 spiro atoms. The predicted octanol–water partition coefficient (Wildman–Crippen LogP) is 4.90. The minimum absolute atomic E-state index is 0.0127. The van der Waals surface area contributed by atoms with Crippen LogP contribution in [-0.4, -0.2) is 22.1 Å². The van der Waals surface area contributed by atoms with Crippen molar-refractivity contribution in [3.8, 4) is 11.5 Å². The minimum Gasteiger partial charge on any atom is -0.508 e. The molecule has 130 valence electrons. The van der Waals surface area contributed by atoms with Gasteiger partial charge in [-0.1, -0.05) is 11.6 Å². The van der Waals surface area contributed by atoms with Gasteiger partial charge in [0.15, 0.2) is 5.78 Å². The first kappa shape index (κ1) is 17.4. The normalized spacial score (nSPS) is 11.0. The summed E-state index contributed by atoms with van der Waals surface area (Å²) in [5.41, 5.74) is 3.42.